The van der Waals surface area contributed by atoms with E-state index in [2.05, 4.69) is 4.98 Å². The topological polar surface area (TPSA) is 62.7 Å². The Morgan fingerprint density at radius 2 is 2.21 bits per heavy atom. The number of anilines is 1. The van der Waals surface area contributed by atoms with Crippen LogP contribution in [0.2, 0.25) is 0 Å². The summed E-state index contributed by atoms with van der Waals surface area (Å²) in [4.78, 5) is 5.07. The fourth-order valence-electron chi connectivity index (χ4n) is 1.31. The zero-order valence-corrected chi connectivity index (χ0v) is 8.08. The van der Waals surface area contributed by atoms with Gasteiger partial charge in [0.05, 0.1) is 11.2 Å². The summed E-state index contributed by atoms with van der Waals surface area (Å²) in [7, 11) is 0. The number of benzene rings is 1. The Kier molecular flexibility index (Phi) is 2.25. The van der Waals surface area contributed by atoms with Gasteiger partial charge in [0.15, 0.2) is 0 Å². The molecule has 1 aromatic carbocycles. The van der Waals surface area contributed by atoms with Gasteiger partial charge in [-0.25, -0.2) is 0 Å². The molecule has 4 heteroatoms. The molecule has 0 amide bonds. The highest BCUT2D eigenvalue weighted by atomic mass is 32.2. The summed E-state index contributed by atoms with van der Waals surface area (Å²) in [6, 6.07) is 7.36. The number of pyridine rings is 1. The van der Waals surface area contributed by atoms with E-state index < -0.39 is 0 Å². The molecule has 2 aromatic rings. The molecule has 0 unspecified atom stereocenters. The normalized spacial score (nSPS) is 9.93. The first-order chi connectivity index (χ1) is 6.83. The maximum atomic E-state index is 8.61. The Morgan fingerprint density at radius 1 is 1.36 bits per heavy atom. The van der Waals surface area contributed by atoms with Gasteiger partial charge in [0, 0.05) is 16.5 Å². The molecule has 0 aliphatic rings. The van der Waals surface area contributed by atoms with Crippen molar-refractivity contribution in [1.82, 2.24) is 4.98 Å². The monoisotopic (exact) mass is 201 g/mol. The molecule has 0 fully saturated rings. The molecule has 0 saturated carbocycles. The third kappa shape index (κ3) is 1.38. The van der Waals surface area contributed by atoms with Gasteiger partial charge in [0.2, 0.25) is 0 Å². The number of nitrogens with zero attached hydrogens (tertiary/aromatic N) is 2. The lowest BCUT2D eigenvalue weighted by Crippen LogP contribution is -1.89. The number of rotatable bonds is 1. The number of aromatic nitrogens is 1. The van der Waals surface area contributed by atoms with E-state index >= 15 is 0 Å². The van der Waals surface area contributed by atoms with Crippen molar-refractivity contribution in [3.8, 4) is 5.40 Å². The largest absolute Gasteiger partial charge is 0.397 e. The molecular weight excluding hydrogens is 194 g/mol. The first kappa shape index (κ1) is 8.85. The number of nitriles is 1. The zero-order valence-electron chi connectivity index (χ0n) is 7.27. The van der Waals surface area contributed by atoms with E-state index in [0.29, 0.717) is 5.69 Å². The van der Waals surface area contributed by atoms with Crippen molar-refractivity contribution >= 4 is 28.4 Å². The fraction of sp³-hybridized carbons (Fsp3) is 0. The van der Waals surface area contributed by atoms with Crippen LogP contribution < -0.4 is 5.73 Å². The molecule has 3 nitrogen and oxygen atoms in total. The van der Waals surface area contributed by atoms with Crippen molar-refractivity contribution in [2.45, 2.75) is 4.90 Å². The van der Waals surface area contributed by atoms with Crippen LogP contribution in [0.15, 0.2) is 35.4 Å². The van der Waals surface area contributed by atoms with E-state index in [1.54, 1.807) is 12.3 Å². The smallest absolute Gasteiger partial charge is 0.138 e. The molecule has 0 bridgehead atoms. The minimum Gasteiger partial charge on any atom is -0.397 e. The lowest BCUT2D eigenvalue weighted by atomic mass is 10.2. The lowest BCUT2D eigenvalue weighted by Gasteiger charge is -2.03. The summed E-state index contributed by atoms with van der Waals surface area (Å²) < 4.78 is 0. The van der Waals surface area contributed by atoms with Gasteiger partial charge >= 0.3 is 0 Å². The Hall–Kier alpha value is -1.73. The van der Waals surface area contributed by atoms with Crippen molar-refractivity contribution in [3.05, 3.63) is 30.5 Å². The first-order valence-corrected chi connectivity index (χ1v) is 4.83. The van der Waals surface area contributed by atoms with Crippen LogP contribution in [-0.2, 0) is 0 Å². The van der Waals surface area contributed by atoms with Crippen LogP contribution in [0, 0.1) is 10.7 Å². The predicted octanol–water partition coefficient (Wildman–Crippen LogP) is 2.39. The number of fused-ring (bicyclic) bond motifs is 1. The summed E-state index contributed by atoms with van der Waals surface area (Å²) in [5.74, 6) is 0. The van der Waals surface area contributed by atoms with Gasteiger partial charge in [-0.2, -0.15) is 5.26 Å². The Bertz CT molecular complexity index is 516. The second-order valence-corrected chi connectivity index (χ2v) is 3.57. The van der Waals surface area contributed by atoms with Gasteiger partial charge in [-0.15, -0.1) is 0 Å². The van der Waals surface area contributed by atoms with E-state index in [0.717, 1.165) is 27.6 Å². The molecule has 2 rings (SSSR count). The Labute approximate surface area is 85.6 Å². The van der Waals surface area contributed by atoms with E-state index in [1.807, 2.05) is 23.6 Å². The van der Waals surface area contributed by atoms with Gasteiger partial charge in [0.1, 0.15) is 5.40 Å². The zero-order chi connectivity index (χ0) is 9.97. The molecule has 2 N–H and O–H groups in total. The van der Waals surface area contributed by atoms with Crippen molar-refractivity contribution in [2.24, 2.45) is 0 Å². The summed E-state index contributed by atoms with van der Waals surface area (Å²) in [6.45, 7) is 0. The number of thioether (sulfide) groups is 1. The molecule has 0 spiro atoms. The number of thiocyanates is 1. The molecule has 14 heavy (non-hydrogen) atoms. The Balaban J connectivity index is 2.76. The number of hydrogen-bond acceptors (Lipinski definition) is 4. The highest BCUT2D eigenvalue weighted by Gasteiger charge is 2.04. The summed E-state index contributed by atoms with van der Waals surface area (Å²) in [5, 5.41) is 11.6. The Morgan fingerprint density at radius 3 is 3.00 bits per heavy atom. The number of nitrogens with two attached hydrogens (primary N) is 1. The molecule has 0 radical (unpaired) electrons. The third-order valence-corrected chi connectivity index (χ3v) is 2.58. The fourth-order valence-corrected chi connectivity index (χ4v) is 1.82. The van der Waals surface area contributed by atoms with Crippen LogP contribution in [0.1, 0.15) is 0 Å². The van der Waals surface area contributed by atoms with E-state index in [9.17, 15) is 0 Å². The molecule has 1 heterocycles. The minimum absolute atomic E-state index is 0.642. The van der Waals surface area contributed by atoms with Crippen molar-refractivity contribution < 1.29 is 0 Å². The number of nitrogen functional groups attached to an aromatic ring is 1. The maximum Gasteiger partial charge on any atom is 0.138 e. The van der Waals surface area contributed by atoms with Crippen molar-refractivity contribution in [3.63, 3.8) is 0 Å². The minimum atomic E-state index is 0.642. The van der Waals surface area contributed by atoms with Crippen LogP contribution in [0.25, 0.3) is 10.9 Å². The summed E-state index contributed by atoms with van der Waals surface area (Å²) in [6.07, 6.45) is 1.69. The average molecular weight is 201 g/mol. The second kappa shape index (κ2) is 3.56. The van der Waals surface area contributed by atoms with Crippen LogP contribution >= 0.6 is 11.8 Å². The molecule has 0 saturated heterocycles. The highest BCUT2D eigenvalue weighted by molar-refractivity contribution is 8.04. The van der Waals surface area contributed by atoms with E-state index in [1.165, 1.54) is 0 Å². The molecule has 0 aliphatic heterocycles. The van der Waals surface area contributed by atoms with Gasteiger partial charge in [0.25, 0.3) is 0 Å². The van der Waals surface area contributed by atoms with Crippen LogP contribution in [-0.4, -0.2) is 4.98 Å². The van der Waals surface area contributed by atoms with Crippen LogP contribution in [0.3, 0.4) is 0 Å². The van der Waals surface area contributed by atoms with E-state index in [4.69, 9.17) is 11.0 Å². The molecule has 0 aliphatic carbocycles. The van der Waals surface area contributed by atoms with Crippen LogP contribution in [0.4, 0.5) is 5.69 Å². The highest BCUT2D eigenvalue weighted by Crippen LogP contribution is 2.29. The number of hydrogen-bond donors (Lipinski definition) is 1. The quantitative estimate of drug-likeness (QED) is 0.437. The third-order valence-electron chi connectivity index (χ3n) is 1.92. The molecule has 0 atom stereocenters. The maximum absolute atomic E-state index is 8.61. The standard InChI is InChI=1S/C10H7N3S/c11-6-14-9-4-3-8(12)10-7(9)2-1-5-13-10/h1-5H,12H2. The summed E-state index contributed by atoms with van der Waals surface area (Å²) in [5.41, 5.74) is 7.17. The SMILES string of the molecule is N#CSc1ccc(N)c2ncccc12. The van der Waals surface area contributed by atoms with Gasteiger partial charge in [-0.05, 0) is 30.0 Å². The van der Waals surface area contributed by atoms with E-state index in [-0.39, 0.29) is 0 Å². The lowest BCUT2D eigenvalue weighted by molar-refractivity contribution is 1.39. The van der Waals surface area contributed by atoms with Gasteiger partial charge < -0.3 is 5.73 Å². The van der Waals surface area contributed by atoms with Crippen molar-refractivity contribution in [1.29, 1.82) is 5.26 Å². The first-order valence-electron chi connectivity index (χ1n) is 4.02. The molecule has 1 aromatic heterocycles. The van der Waals surface area contributed by atoms with Gasteiger partial charge in [-0.3, -0.25) is 4.98 Å². The average Bonchev–Trinajstić information content (AvgIpc) is 2.23. The molecule has 68 valence electrons. The molecular formula is C10H7N3S. The van der Waals surface area contributed by atoms with Gasteiger partial charge in [-0.1, -0.05) is 6.07 Å². The second-order valence-electron chi connectivity index (χ2n) is 2.75. The predicted molar refractivity (Wildman–Crippen MR) is 57.6 cm³/mol. The summed E-state index contributed by atoms with van der Waals surface area (Å²) >= 11 is 1.12. The van der Waals surface area contributed by atoms with Crippen LogP contribution in [0.5, 0.6) is 0 Å². The van der Waals surface area contributed by atoms with Crippen molar-refractivity contribution in [2.75, 3.05) is 5.73 Å².